The summed E-state index contributed by atoms with van der Waals surface area (Å²) in [6.07, 6.45) is -0.574. The van der Waals surface area contributed by atoms with E-state index in [2.05, 4.69) is 14.9 Å². The van der Waals surface area contributed by atoms with Gasteiger partial charge >= 0.3 is 0 Å². The van der Waals surface area contributed by atoms with E-state index in [1.807, 2.05) is 24.3 Å². The standard InChI is InChI=1S/C15H20FN5O/c1-22-15(13(6-16)19-20-18)9-2-4-10(5-3-9)21-7-11-12(8-21)14(11)17/h2-5,11-15H,6-8,17H2,1H3/t11-,12+,13-,14+,15-/m1/s1. The van der Waals surface area contributed by atoms with E-state index in [4.69, 9.17) is 16.0 Å². The fraction of sp³-hybridized carbons (Fsp3) is 0.600. The second-order valence-electron chi connectivity index (χ2n) is 5.98. The number of alkyl halides is 1. The number of nitrogens with two attached hydrogens (primary N) is 1. The smallest absolute Gasteiger partial charge is 0.101 e. The number of fused-ring (bicyclic) bond motifs is 1. The van der Waals surface area contributed by atoms with Crippen molar-refractivity contribution in [1.29, 1.82) is 0 Å². The second-order valence-corrected chi connectivity index (χ2v) is 5.98. The van der Waals surface area contributed by atoms with Gasteiger partial charge in [0.1, 0.15) is 6.67 Å². The Bertz CT molecular complexity index is 562. The Morgan fingerprint density at radius 2 is 2.05 bits per heavy atom. The molecule has 0 amide bonds. The van der Waals surface area contributed by atoms with Crippen molar-refractivity contribution in [3.8, 4) is 0 Å². The van der Waals surface area contributed by atoms with Crippen LogP contribution in [0, 0.1) is 11.8 Å². The van der Waals surface area contributed by atoms with Gasteiger partial charge in [0.05, 0.1) is 12.1 Å². The summed E-state index contributed by atoms with van der Waals surface area (Å²) >= 11 is 0. The summed E-state index contributed by atoms with van der Waals surface area (Å²) in [5.74, 6) is 1.26. The van der Waals surface area contributed by atoms with Crippen molar-refractivity contribution in [2.75, 3.05) is 31.8 Å². The number of halogens is 1. The van der Waals surface area contributed by atoms with Crippen LogP contribution in [0.15, 0.2) is 29.4 Å². The molecule has 0 radical (unpaired) electrons. The number of methoxy groups -OCH3 is 1. The van der Waals surface area contributed by atoms with E-state index >= 15 is 0 Å². The Labute approximate surface area is 128 Å². The molecule has 0 spiro atoms. The molecule has 2 fully saturated rings. The maximum absolute atomic E-state index is 13.0. The van der Waals surface area contributed by atoms with Crippen molar-refractivity contribution in [1.82, 2.24) is 0 Å². The fourth-order valence-electron chi connectivity index (χ4n) is 3.41. The highest BCUT2D eigenvalue weighted by Gasteiger charge is 2.53. The zero-order valence-corrected chi connectivity index (χ0v) is 12.5. The third kappa shape index (κ3) is 2.63. The highest BCUT2D eigenvalue weighted by molar-refractivity contribution is 5.50. The molecule has 6 nitrogen and oxygen atoms in total. The van der Waals surface area contributed by atoms with Gasteiger partial charge in [-0.25, -0.2) is 0 Å². The third-order valence-corrected chi connectivity index (χ3v) is 4.81. The van der Waals surface area contributed by atoms with Crippen molar-refractivity contribution in [3.63, 3.8) is 0 Å². The van der Waals surface area contributed by atoms with E-state index in [1.165, 1.54) is 7.11 Å². The summed E-state index contributed by atoms with van der Waals surface area (Å²) in [5.41, 5.74) is 16.4. The molecule has 0 aromatic heterocycles. The molecule has 0 bridgehead atoms. The van der Waals surface area contributed by atoms with E-state index in [-0.39, 0.29) is 0 Å². The fourth-order valence-corrected chi connectivity index (χ4v) is 3.41. The molecule has 3 rings (SSSR count). The van der Waals surface area contributed by atoms with Gasteiger partial charge in [0.15, 0.2) is 0 Å². The molecule has 22 heavy (non-hydrogen) atoms. The van der Waals surface area contributed by atoms with Crippen molar-refractivity contribution >= 4 is 5.69 Å². The van der Waals surface area contributed by atoms with Crippen molar-refractivity contribution < 1.29 is 9.13 Å². The first-order valence-corrected chi connectivity index (χ1v) is 7.43. The lowest BCUT2D eigenvalue weighted by Crippen LogP contribution is -2.28. The van der Waals surface area contributed by atoms with Gasteiger partial charge in [0.2, 0.25) is 0 Å². The second kappa shape index (κ2) is 6.12. The van der Waals surface area contributed by atoms with E-state index in [0.717, 1.165) is 24.3 Å². The van der Waals surface area contributed by atoms with Crippen LogP contribution in [0.5, 0.6) is 0 Å². The van der Waals surface area contributed by atoms with E-state index < -0.39 is 18.8 Å². The van der Waals surface area contributed by atoms with Gasteiger partial charge < -0.3 is 15.4 Å². The molecule has 1 saturated heterocycles. The molecule has 1 aromatic rings. The summed E-state index contributed by atoms with van der Waals surface area (Å²) in [6.45, 7) is 1.26. The summed E-state index contributed by atoms with van der Waals surface area (Å²) < 4.78 is 18.3. The zero-order chi connectivity index (χ0) is 15.7. The van der Waals surface area contributed by atoms with Gasteiger partial charge in [-0.15, -0.1) is 0 Å². The quantitative estimate of drug-likeness (QED) is 0.497. The Morgan fingerprint density at radius 1 is 1.41 bits per heavy atom. The van der Waals surface area contributed by atoms with Crippen LogP contribution in [0.3, 0.4) is 0 Å². The molecule has 0 unspecified atom stereocenters. The summed E-state index contributed by atoms with van der Waals surface area (Å²) in [4.78, 5) is 5.01. The van der Waals surface area contributed by atoms with Crippen LogP contribution in [0.1, 0.15) is 11.7 Å². The molecule has 1 aliphatic heterocycles. The first-order valence-electron chi connectivity index (χ1n) is 7.43. The number of anilines is 1. The van der Waals surface area contributed by atoms with Gasteiger partial charge in [0, 0.05) is 36.8 Å². The maximum atomic E-state index is 13.0. The number of piperidine rings is 1. The lowest BCUT2D eigenvalue weighted by molar-refractivity contribution is 0.0722. The first kappa shape index (κ1) is 15.1. The van der Waals surface area contributed by atoms with Crippen LogP contribution in [0.2, 0.25) is 0 Å². The third-order valence-electron chi connectivity index (χ3n) is 4.81. The Kier molecular flexibility index (Phi) is 4.20. The van der Waals surface area contributed by atoms with Crippen LogP contribution in [0.25, 0.3) is 10.4 Å². The summed E-state index contributed by atoms with van der Waals surface area (Å²) in [5, 5.41) is 3.47. The van der Waals surface area contributed by atoms with Crippen LogP contribution < -0.4 is 10.6 Å². The lowest BCUT2D eigenvalue weighted by atomic mass is 10.0. The van der Waals surface area contributed by atoms with E-state index in [1.54, 1.807) is 0 Å². The van der Waals surface area contributed by atoms with E-state index in [0.29, 0.717) is 17.9 Å². The molecular weight excluding hydrogens is 285 g/mol. The SMILES string of the molecule is CO[C@H](c1ccc(N2C[C@@H]3[C@@H](N)[C@@H]3C2)cc1)[C@@H](CF)N=[N+]=[N-]. The number of azide groups is 1. The molecule has 2 aliphatic rings. The molecule has 7 heteroatoms. The largest absolute Gasteiger partial charge is 0.376 e. The first-order chi connectivity index (χ1) is 10.7. The molecule has 118 valence electrons. The molecule has 1 saturated carbocycles. The van der Waals surface area contributed by atoms with Crippen LogP contribution in [-0.4, -0.2) is 39.0 Å². The molecular formula is C15H20FN5O. The molecule has 5 atom stereocenters. The maximum Gasteiger partial charge on any atom is 0.101 e. The molecule has 1 heterocycles. The number of ether oxygens (including phenoxy) is 1. The van der Waals surface area contributed by atoms with E-state index in [9.17, 15) is 4.39 Å². The Balaban J connectivity index is 1.71. The van der Waals surface area contributed by atoms with Crippen molar-refractivity contribution in [2.24, 2.45) is 22.7 Å². The topological polar surface area (TPSA) is 87.2 Å². The predicted octanol–water partition coefficient (Wildman–Crippen LogP) is 2.42. The summed E-state index contributed by atoms with van der Waals surface area (Å²) in [6, 6.07) is 7.35. The van der Waals surface area contributed by atoms with Gasteiger partial charge in [0.25, 0.3) is 0 Å². The normalized spacial score (nSPS) is 28.7. The number of hydrogen-bond acceptors (Lipinski definition) is 4. The van der Waals surface area contributed by atoms with Gasteiger partial charge in [-0.05, 0) is 35.1 Å². The summed E-state index contributed by atoms with van der Waals surface area (Å²) in [7, 11) is 1.49. The number of nitrogens with zero attached hydrogens (tertiary/aromatic N) is 4. The number of benzene rings is 1. The zero-order valence-electron chi connectivity index (χ0n) is 12.5. The number of rotatable bonds is 6. The minimum atomic E-state index is -0.849. The van der Waals surface area contributed by atoms with Gasteiger partial charge in [-0.1, -0.05) is 17.2 Å². The molecule has 1 aromatic carbocycles. The minimum absolute atomic E-state index is 0.377. The number of hydrogen-bond donors (Lipinski definition) is 1. The van der Waals surface area contributed by atoms with Crippen molar-refractivity contribution in [3.05, 3.63) is 40.3 Å². The van der Waals surface area contributed by atoms with Crippen LogP contribution in [-0.2, 0) is 4.74 Å². The molecule has 1 aliphatic carbocycles. The van der Waals surface area contributed by atoms with Crippen molar-refractivity contribution in [2.45, 2.75) is 18.2 Å². The monoisotopic (exact) mass is 305 g/mol. The average Bonchev–Trinajstić information content (AvgIpc) is 2.97. The minimum Gasteiger partial charge on any atom is -0.376 e. The Hall–Kier alpha value is -1.82. The van der Waals surface area contributed by atoms with Crippen LogP contribution >= 0.6 is 0 Å². The Morgan fingerprint density at radius 3 is 2.55 bits per heavy atom. The highest BCUT2D eigenvalue weighted by atomic mass is 19.1. The predicted molar refractivity (Wildman–Crippen MR) is 82.3 cm³/mol. The van der Waals surface area contributed by atoms with Gasteiger partial charge in [-0.3, -0.25) is 4.39 Å². The average molecular weight is 305 g/mol. The highest BCUT2D eigenvalue weighted by Crippen LogP contribution is 2.45. The van der Waals surface area contributed by atoms with Gasteiger partial charge in [-0.2, -0.15) is 0 Å². The lowest BCUT2D eigenvalue weighted by Gasteiger charge is -2.24. The van der Waals surface area contributed by atoms with Crippen LogP contribution in [0.4, 0.5) is 10.1 Å². The molecule has 2 N–H and O–H groups in total.